The Labute approximate surface area is 112 Å². The van der Waals surface area contributed by atoms with Crippen LogP contribution in [0.2, 0.25) is 0 Å². The number of carbonyl (C=O) groups is 2. The predicted octanol–water partition coefficient (Wildman–Crippen LogP) is 1.01. The third-order valence-electron chi connectivity index (χ3n) is 2.14. The second-order valence-electron chi connectivity index (χ2n) is 5.20. The maximum absolute atomic E-state index is 11.8. The summed E-state index contributed by atoms with van der Waals surface area (Å²) in [4.78, 5) is 24.3. The van der Waals surface area contributed by atoms with Crippen LogP contribution in [0, 0.1) is 0 Å². The molecule has 0 aromatic heterocycles. The quantitative estimate of drug-likeness (QED) is 0.705. The molecule has 0 aliphatic carbocycles. The van der Waals surface area contributed by atoms with Crippen molar-refractivity contribution in [2.75, 3.05) is 6.26 Å². The van der Waals surface area contributed by atoms with Crippen LogP contribution < -0.4 is 0 Å². The Hall–Kier alpha value is -1.57. The molecule has 0 saturated carbocycles. The number of carbonyl (C=O) groups excluding carboxylic acids is 2. The minimum Gasteiger partial charge on any atom is -0.443 e. The molecule has 0 aromatic carbocycles. The lowest BCUT2D eigenvalue weighted by Crippen LogP contribution is -2.42. The predicted molar refractivity (Wildman–Crippen MR) is 66.6 cm³/mol. The fraction of sp³-hybridized carbons (Fsp3) is 0.636. The Morgan fingerprint density at radius 1 is 1.37 bits per heavy atom. The highest BCUT2D eigenvalue weighted by molar-refractivity contribution is 7.86. The van der Waals surface area contributed by atoms with Crippen molar-refractivity contribution in [3.05, 3.63) is 11.8 Å². The third kappa shape index (κ3) is 4.23. The molecule has 1 rings (SSSR count). The van der Waals surface area contributed by atoms with Gasteiger partial charge < -0.3 is 8.92 Å². The van der Waals surface area contributed by atoms with Gasteiger partial charge in [0.05, 0.1) is 12.3 Å². The summed E-state index contributed by atoms with van der Waals surface area (Å²) in [6, 6.07) is -0.822. The molecule has 1 heterocycles. The van der Waals surface area contributed by atoms with Crippen LogP contribution in [-0.4, -0.2) is 43.2 Å². The highest BCUT2D eigenvalue weighted by Crippen LogP contribution is 2.24. The van der Waals surface area contributed by atoms with Gasteiger partial charge in [0.2, 0.25) is 0 Å². The van der Waals surface area contributed by atoms with Crippen LogP contribution in [0.4, 0.5) is 4.79 Å². The van der Waals surface area contributed by atoms with Gasteiger partial charge in [-0.1, -0.05) is 0 Å². The number of nitrogens with zero attached hydrogens (tertiary/aromatic N) is 1. The Kier molecular flexibility index (Phi) is 3.94. The zero-order valence-electron chi connectivity index (χ0n) is 11.5. The molecule has 1 atom stereocenters. The lowest BCUT2D eigenvalue weighted by atomic mass is 10.2. The number of amides is 2. The molecule has 1 aliphatic rings. The molecule has 0 spiro atoms. The van der Waals surface area contributed by atoms with Crippen molar-refractivity contribution in [1.82, 2.24) is 4.90 Å². The number of imide groups is 1. The highest BCUT2D eigenvalue weighted by atomic mass is 32.2. The Morgan fingerprint density at radius 3 is 2.32 bits per heavy atom. The van der Waals surface area contributed by atoms with Gasteiger partial charge in [-0.3, -0.25) is 4.79 Å². The summed E-state index contributed by atoms with van der Waals surface area (Å²) in [6.45, 7) is 6.47. The average molecular weight is 291 g/mol. The zero-order chi connectivity index (χ0) is 15.0. The van der Waals surface area contributed by atoms with E-state index in [4.69, 9.17) is 4.74 Å². The summed E-state index contributed by atoms with van der Waals surface area (Å²) in [7, 11) is -3.75. The molecule has 19 heavy (non-hydrogen) atoms. The normalized spacial score (nSPS) is 20.3. The largest absolute Gasteiger partial charge is 0.443 e. The molecule has 0 aromatic rings. The van der Waals surface area contributed by atoms with Gasteiger partial charge in [-0.25, -0.2) is 9.69 Å². The molecule has 108 valence electrons. The van der Waals surface area contributed by atoms with E-state index in [9.17, 15) is 18.0 Å². The monoisotopic (exact) mass is 291 g/mol. The summed E-state index contributed by atoms with van der Waals surface area (Å²) in [6.07, 6.45) is 0.991. The van der Waals surface area contributed by atoms with E-state index in [1.165, 1.54) is 6.92 Å². The third-order valence-corrected chi connectivity index (χ3v) is 2.64. The van der Waals surface area contributed by atoms with Gasteiger partial charge in [0, 0.05) is 6.08 Å². The standard InChI is InChI=1S/C11H17NO6S/c1-7-8(18-19(5,15)16)6-9(13)12(7)10(14)17-11(2,3)4/h6-7H,1-5H3/t7-/m0/s1. The van der Waals surface area contributed by atoms with Gasteiger partial charge in [-0.2, -0.15) is 8.42 Å². The van der Waals surface area contributed by atoms with Gasteiger partial charge >= 0.3 is 16.2 Å². The van der Waals surface area contributed by atoms with E-state index in [2.05, 4.69) is 4.18 Å². The van der Waals surface area contributed by atoms with Crippen LogP contribution in [0.25, 0.3) is 0 Å². The van der Waals surface area contributed by atoms with Crippen molar-refractivity contribution in [2.24, 2.45) is 0 Å². The van der Waals surface area contributed by atoms with E-state index in [0.717, 1.165) is 17.2 Å². The zero-order valence-corrected chi connectivity index (χ0v) is 12.3. The second-order valence-corrected chi connectivity index (χ2v) is 6.77. The fourth-order valence-electron chi connectivity index (χ4n) is 1.46. The second kappa shape index (κ2) is 4.84. The van der Waals surface area contributed by atoms with Crippen molar-refractivity contribution in [1.29, 1.82) is 0 Å². The topological polar surface area (TPSA) is 90.0 Å². The lowest BCUT2D eigenvalue weighted by molar-refractivity contribution is -0.125. The minimum atomic E-state index is -3.75. The number of ether oxygens (including phenoxy) is 1. The van der Waals surface area contributed by atoms with Gasteiger partial charge in [0.25, 0.3) is 5.91 Å². The minimum absolute atomic E-state index is 0.0987. The first-order valence-corrected chi connectivity index (χ1v) is 7.39. The molecule has 0 unspecified atom stereocenters. The summed E-state index contributed by atoms with van der Waals surface area (Å²) in [5.74, 6) is -0.765. The highest BCUT2D eigenvalue weighted by Gasteiger charge is 2.39. The Balaban J connectivity index is 2.87. The summed E-state index contributed by atoms with van der Waals surface area (Å²) >= 11 is 0. The van der Waals surface area contributed by atoms with E-state index in [-0.39, 0.29) is 5.76 Å². The molecule has 1 aliphatic heterocycles. The molecule has 8 heteroatoms. The van der Waals surface area contributed by atoms with E-state index < -0.39 is 33.8 Å². The first-order valence-electron chi connectivity index (χ1n) is 5.58. The molecular weight excluding hydrogens is 274 g/mol. The van der Waals surface area contributed by atoms with E-state index in [0.29, 0.717) is 0 Å². The van der Waals surface area contributed by atoms with Crippen molar-refractivity contribution >= 4 is 22.1 Å². The first kappa shape index (κ1) is 15.5. The average Bonchev–Trinajstić information content (AvgIpc) is 2.35. The fourth-order valence-corrected chi connectivity index (χ4v) is 1.99. The van der Waals surface area contributed by atoms with Gasteiger partial charge in [0.1, 0.15) is 11.4 Å². The van der Waals surface area contributed by atoms with E-state index >= 15 is 0 Å². The van der Waals surface area contributed by atoms with Crippen molar-refractivity contribution in [3.63, 3.8) is 0 Å². The molecule has 7 nitrogen and oxygen atoms in total. The molecule has 0 fully saturated rings. The number of hydrogen-bond acceptors (Lipinski definition) is 6. The molecule has 0 radical (unpaired) electrons. The van der Waals surface area contributed by atoms with Crippen molar-refractivity contribution < 1.29 is 26.9 Å². The van der Waals surface area contributed by atoms with Crippen LogP contribution in [0.5, 0.6) is 0 Å². The van der Waals surface area contributed by atoms with E-state index in [1.807, 2.05) is 0 Å². The van der Waals surface area contributed by atoms with Crippen molar-refractivity contribution in [2.45, 2.75) is 39.3 Å². The SMILES string of the molecule is C[C@H]1C(OS(C)(=O)=O)=CC(=O)N1C(=O)OC(C)(C)C. The lowest BCUT2D eigenvalue weighted by Gasteiger charge is -2.26. The maximum Gasteiger partial charge on any atom is 0.417 e. The molecule has 2 amide bonds. The summed E-state index contributed by atoms with van der Waals surface area (Å²) in [5.41, 5.74) is -0.752. The van der Waals surface area contributed by atoms with E-state index in [1.54, 1.807) is 20.8 Å². The van der Waals surface area contributed by atoms with Crippen LogP contribution in [0.3, 0.4) is 0 Å². The van der Waals surface area contributed by atoms with Gasteiger partial charge in [-0.15, -0.1) is 0 Å². The molecule has 0 bridgehead atoms. The summed E-state index contributed by atoms with van der Waals surface area (Å²) < 4.78 is 31.8. The molecular formula is C11H17NO6S. The Bertz CT molecular complexity index is 528. The van der Waals surface area contributed by atoms with Gasteiger partial charge in [-0.05, 0) is 27.7 Å². The Morgan fingerprint density at radius 2 is 1.89 bits per heavy atom. The van der Waals surface area contributed by atoms with Crippen LogP contribution in [0.15, 0.2) is 11.8 Å². The number of hydrogen-bond donors (Lipinski definition) is 0. The van der Waals surface area contributed by atoms with Crippen molar-refractivity contribution in [3.8, 4) is 0 Å². The molecule has 0 N–H and O–H groups in total. The first-order chi connectivity index (χ1) is 8.41. The maximum atomic E-state index is 11.8. The summed E-state index contributed by atoms with van der Waals surface area (Å²) in [5, 5.41) is 0. The smallest absolute Gasteiger partial charge is 0.417 e. The number of rotatable bonds is 2. The van der Waals surface area contributed by atoms with Crippen LogP contribution in [0.1, 0.15) is 27.7 Å². The molecule has 0 saturated heterocycles. The van der Waals surface area contributed by atoms with Crippen LogP contribution >= 0.6 is 0 Å². The van der Waals surface area contributed by atoms with Crippen LogP contribution in [-0.2, 0) is 23.8 Å². The van der Waals surface area contributed by atoms with Gasteiger partial charge in [0.15, 0.2) is 0 Å².